The molecule has 2 aliphatic rings. The van der Waals surface area contributed by atoms with Crippen LogP contribution in [0.15, 0.2) is 59.7 Å². The third-order valence-corrected chi connectivity index (χ3v) is 6.85. The van der Waals surface area contributed by atoms with Crippen molar-refractivity contribution in [2.75, 3.05) is 50.7 Å². The number of piperazine rings is 1. The van der Waals surface area contributed by atoms with Crippen LogP contribution in [0, 0.1) is 0 Å². The lowest BCUT2D eigenvalue weighted by Crippen LogP contribution is -2.53. The van der Waals surface area contributed by atoms with Crippen molar-refractivity contribution in [2.45, 2.75) is 25.1 Å². The van der Waals surface area contributed by atoms with Crippen molar-refractivity contribution in [3.8, 4) is 0 Å². The van der Waals surface area contributed by atoms with Gasteiger partial charge in [0.1, 0.15) is 0 Å². The second-order valence-electron chi connectivity index (χ2n) is 9.45. The number of hydrogen-bond acceptors (Lipinski definition) is 8. The van der Waals surface area contributed by atoms with E-state index in [1.54, 1.807) is 35.4 Å². The first-order valence-corrected chi connectivity index (χ1v) is 12.7. The van der Waals surface area contributed by atoms with Crippen molar-refractivity contribution in [1.29, 1.82) is 0 Å². The number of likely N-dealkylation sites (tertiary alicyclic amines) is 1. The third kappa shape index (κ3) is 8.11. The van der Waals surface area contributed by atoms with E-state index in [1.165, 1.54) is 0 Å². The minimum atomic E-state index is -5.18. The Morgan fingerprint density at radius 3 is 2.18 bits per heavy atom. The van der Waals surface area contributed by atoms with E-state index < -0.39 is 18.1 Å². The van der Waals surface area contributed by atoms with Crippen LogP contribution in [0.3, 0.4) is 0 Å². The molecule has 0 saturated carbocycles. The maximum absolute atomic E-state index is 12.3. The molecule has 0 spiro atoms. The summed E-state index contributed by atoms with van der Waals surface area (Å²) in [7, 11) is 0. The van der Waals surface area contributed by atoms with E-state index in [0.29, 0.717) is 24.7 Å². The normalized spacial score (nSPS) is 17.8. The van der Waals surface area contributed by atoms with E-state index in [4.69, 9.17) is 0 Å². The Morgan fingerprint density at radius 2 is 1.56 bits per heavy atom. The fraction of sp³-hybridized carbons (Fsp3) is 0.407. The lowest BCUT2D eigenvalue weighted by molar-refractivity contribution is -0.202. The number of amides is 1. The molecule has 1 N–H and O–H groups in total. The summed E-state index contributed by atoms with van der Waals surface area (Å²) in [5.74, 6) is -3.93. The zero-order chi connectivity index (χ0) is 27.8. The van der Waals surface area contributed by atoms with Crippen molar-refractivity contribution < 1.29 is 32.3 Å². The van der Waals surface area contributed by atoms with Crippen molar-refractivity contribution in [1.82, 2.24) is 15.2 Å². The molecule has 0 bridgehead atoms. The molecule has 1 amide bonds. The van der Waals surface area contributed by atoms with Crippen LogP contribution < -0.4 is 10.3 Å². The Balaban J connectivity index is 1.17. The molecule has 2 heterocycles. The van der Waals surface area contributed by atoms with Gasteiger partial charge in [-0.25, -0.2) is 10.2 Å². The summed E-state index contributed by atoms with van der Waals surface area (Å²) >= 11 is 0. The summed E-state index contributed by atoms with van der Waals surface area (Å²) in [5.41, 5.74) is 5.02. The van der Waals surface area contributed by atoms with Gasteiger partial charge in [0.2, 0.25) is 0 Å². The number of hydrogen-bond donors (Lipinski definition) is 1. The number of benzene rings is 2. The molecule has 0 radical (unpaired) electrons. The number of nitrogens with zero attached hydrogens (tertiary/aromatic N) is 4. The lowest BCUT2D eigenvalue weighted by Gasteiger charge is -2.43. The number of piperidine rings is 1. The number of rotatable bonds is 7. The summed E-state index contributed by atoms with van der Waals surface area (Å²) in [6, 6.07) is 17.1. The Morgan fingerprint density at radius 1 is 0.923 bits per heavy atom. The monoisotopic (exact) mass is 545 g/mol. The maximum Gasteiger partial charge on any atom is 0.491 e. The summed E-state index contributed by atoms with van der Waals surface area (Å²) in [6.45, 7) is 4.23. The molecule has 0 aromatic heterocycles. The van der Waals surface area contributed by atoms with Crippen LogP contribution in [0.4, 0.5) is 18.9 Å². The number of carbonyl (C=O) groups is 3. The minimum absolute atomic E-state index is 0.271. The van der Waals surface area contributed by atoms with E-state index in [9.17, 15) is 27.6 Å². The molecule has 2 aliphatic heterocycles. The number of ether oxygens (including phenoxy) is 1. The van der Waals surface area contributed by atoms with Gasteiger partial charge in [-0.15, -0.1) is 0 Å². The molecule has 2 saturated heterocycles. The number of alkyl halides is 3. The number of halogens is 3. The van der Waals surface area contributed by atoms with Crippen molar-refractivity contribution in [3.05, 3.63) is 65.7 Å². The van der Waals surface area contributed by atoms with Crippen LogP contribution in [0.1, 0.15) is 28.8 Å². The zero-order valence-electron chi connectivity index (χ0n) is 21.3. The maximum atomic E-state index is 12.3. The van der Waals surface area contributed by atoms with E-state index in [2.05, 4.69) is 25.1 Å². The molecule has 12 heteroatoms. The third-order valence-electron chi connectivity index (χ3n) is 6.85. The number of nitrogens with one attached hydrogen (secondary N) is 1. The predicted octanol–water partition coefficient (Wildman–Crippen LogP) is 2.67. The SMILES string of the molecule is O=C(CN1CCC(N2CCN(c3ccc(/C=N/NC(=O)c4ccccc4)cc3)CC2)CC1)OC(=O)C(F)(F)F. The van der Waals surface area contributed by atoms with Gasteiger partial charge >= 0.3 is 18.1 Å². The standard InChI is InChI=1S/C27H30F3N5O4/c28-27(29,30)26(38)39-24(36)19-33-12-10-23(11-13-33)35-16-14-34(15-17-35)22-8-6-20(7-9-22)18-31-32-25(37)21-4-2-1-3-5-21/h1-9,18,23H,10-17,19H2,(H,32,37)/b31-18+. The van der Waals surface area contributed by atoms with Crippen LogP contribution in [0.2, 0.25) is 0 Å². The smallest absolute Gasteiger partial charge is 0.385 e. The summed E-state index contributed by atoms with van der Waals surface area (Å²) in [5, 5.41) is 4.03. The van der Waals surface area contributed by atoms with Crippen LogP contribution >= 0.6 is 0 Å². The molecule has 0 aliphatic carbocycles. The first-order chi connectivity index (χ1) is 18.7. The molecule has 39 heavy (non-hydrogen) atoms. The molecule has 0 unspecified atom stereocenters. The molecule has 2 fully saturated rings. The van der Waals surface area contributed by atoms with Gasteiger partial charge in [-0.3, -0.25) is 19.4 Å². The predicted molar refractivity (Wildman–Crippen MR) is 138 cm³/mol. The van der Waals surface area contributed by atoms with Gasteiger partial charge in [0.25, 0.3) is 5.91 Å². The fourth-order valence-electron chi connectivity index (χ4n) is 4.75. The number of carbonyl (C=O) groups excluding carboxylic acids is 3. The van der Waals surface area contributed by atoms with Crippen LogP contribution in [0.5, 0.6) is 0 Å². The van der Waals surface area contributed by atoms with E-state index in [0.717, 1.165) is 50.3 Å². The van der Waals surface area contributed by atoms with Crippen molar-refractivity contribution >= 4 is 29.7 Å². The lowest BCUT2D eigenvalue weighted by atomic mass is 10.0. The molecule has 4 rings (SSSR count). The highest BCUT2D eigenvalue weighted by Crippen LogP contribution is 2.22. The molecular weight excluding hydrogens is 515 g/mol. The molecule has 208 valence electrons. The van der Waals surface area contributed by atoms with Crippen molar-refractivity contribution in [3.63, 3.8) is 0 Å². The number of anilines is 1. The van der Waals surface area contributed by atoms with Gasteiger partial charge in [-0.2, -0.15) is 18.3 Å². The van der Waals surface area contributed by atoms with Crippen LogP contribution in [-0.2, 0) is 14.3 Å². The van der Waals surface area contributed by atoms with Gasteiger partial charge in [-0.1, -0.05) is 30.3 Å². The Bertz CT molecular complexity index is 1160. The molecule has 0 atom stereocenters. The first-order valence-electron chi connectivity index (χ1n) is 12.7. The van der Waals surface area contributed by atoms with Gasteiger partial charge in [0.15, 0.2) is 0 Å². The topological polar surface area (TPSA) is 94.6 Å². The van der Waals surface area contributed by atoms with Gasteiger partial charge in [-0.05, 0) is 42.7 Å². The Hall–Kier alpha value is -3.77. The largest absolute Gasteiger partial charge is 0.491 e. The highest BCUT2D eigenvalue weighted by Gasteiger charge is 2.42. The zero-order valence-corrected chi connectivity index (χ0v) is 21.3. The van der Waals surface area contributed by atoms with Gasteiger partial charge in [0.05, 0.1) is 12.8 Å². The molecule has 2 aromatic carbocycles. The average Bonchev–Trinajstić information content (AvgIpc) is 2.94. The van der Waals surface area contributed by atoms with Crippen molar-refractivity contribution in [2.24, 2.45) is 5.10 Å². The average molecular weight is 546 g/mol. The van der Waals surface area contributed by atoms with Crippen LogP contribution in [-0.4, -0.2) is 91.9 Å². The molecular formula is C27H30F3N5O4. The first kappa shape index (κ1) is 28.2. The van der Waals surface area contributed by atoms with Gasteiger partial charge < -0.3 is 9.64 Å². The number of hydrazone groups is 1. The Labute approximate surface area is 224 Å². The summed E-state index contributed by atoms with van der Waals surface area (Å²) in [6.07, 6.45) is -2.00. The molecule has 9 nitrogen and oxygen atoms in total. The second-order valence-corrected chi connectivity index (χ2v) is 9.45. The quantitative estimate of drug-likeness (QED) is 0.248. The highest BCUT2D eigenvalue weighted by molar-refractivity contribution is 5.94. The van der Waals surface area contributed by atoms with E-state index in [1.807, 2.05) is 30.3 Å². The highest BCUT2D eigenvalue weighted by atomic mass is 19.4. The minimum Gasteiger partial charge on any atom is -0.385 e. The number of esters is 2. The summed E-state index contributed by atoms with van der Waals surface area (Å²) in [4.78, 5) is 41.0. The van der Waals surface area contributed by atoms with Gasteiger partial charge in [0, 0.05) is 56.6 Å². The summed E-state index contributed by atoms with van der Waals surface area (Å²) < 4.78 is 40.6. The molecule has 2 aromatic rings. The second kappa shape index (κ2) is 12.9. The van der Waals surface area contributed by atoms with E-state index in [-0.39, 0.29) is 12.5 Å². The van der Waals surface area contributed by atoms with Crippen LogP contribution in [0.25, 0.3) is 0 Å². The fourth-order valence-corrected chi connectivity index (χ4v) is 4.75. The van der Waals surface area contributed by atoms with E-state index >= 15 is 0 Å². The Kier molecular flexibility index (Phi) is 9.31.